The van der Waals surface area contributed by atoms with Gasteiger partial charge in [0.25, 0.3) is 0 Å². The van der Waals surface area contributed by atoms with Crippen molar-refractivity contribution >= 4 is 17.2 Å². The van der Waals surface area contributed by atoms with E-state index in [0.717, 1.165) is 11.1 Å². The number of hydrogen-bond acceptors (Lipinski definition) is 4. The first-order chi connectivity index (χ1) is 12.5. The number of phenolic OH excluding ortho intramolecular Hbond substituents is 2. The molecule has 0 bridgehead atoms. The molecular weight excluding hydrogens is 326 g/mol. The van der Waals surface area contributed by atoms with E-state index in [1.807, 2.05) is 12.1 Å². The monoisotopic (exact) mass is 345 g/mol. The van der Waals surface area contributed by atoms with Gasteiger partial charge in [-0.1, -0.05) is 30.3 Å². The molecule has 0 saturated carbocycles. The largest absolute Gasteiger partial charge is 0.508 e. The lowest BCUT2D eigenvalue weighted by Gasteiger charge is -2.09. The summed E-state index contributed by atoms with van der Waals surface area (Å²) in [6.07, 6.45) is 0. The van der Waals surface area contributed by atoms with Gasteiger partial charge in [-0.2, -0.15) is 0 Å². The molecule has 4 nitrogen and oxygen atoms in total. The van der Waals surface area contributed by atoms with Crippen LogP contribution in [-0.2, 0) is 0 Å². The minimum absolute atomic E-state index is 0.0885. The summed E-state index contributed by atoms with van der Waals surface area (Å²) in [5.74, 6) is 0.258. The highest BCUT2D eigenvalue weighted by Gasteiger charge is 2.11. The first kappa shape index (κ1) is 17.4. The molecule has 130 valence electrons. The summed E-state index contributed by atoms with van der Waals surface area (Å²) in [5, 5.41) is 19.4. The number of hydrogen-bond donors (Lipinski definition) is 2. The number of Topliss-reactive ketones (excluding diaryl/α,β-unsaturated/α-hetero) is 1. The number of carbonyl (C=O) groups excluding carboxylic acids is 1. The van der Waals surface area contributed by atoms with Crippen molar-refractivity contribution in [2.24, 2.45) is 4.99 Å². The van der Waals surface area contributed by atoms with Crippen LogP contribution in [0.5, 0.6) is 11.5 Å². The average molecular weight is 345 g/mol. The number of aliphatic imine (C=N–C) groups is 1. The molecule has 0 atom stereocenters. The highest BCUT2D eigenvalue weighted by molar-refractivity contribution is 6.05. The molecule has 26 heavy (non-hydrogen) atoms. The molecule has 0 aliphatic carbocycles. The van der Waals surface area contributed by atoms with Gasteiger partial charge < -0.3 is 10.2 Å². The summed E-state index contributed by atoms with van der Waals surface area (Å²) in [6, 6.07) is 19.3. The van der Waals surface area contributed by atoms with E-state index < -0.39 is 0 Å². The van der Waals surface area contributed by atoms with Crippen LogP contribution in [0.25, 0.3) is 11.1 Å². The van der Waals surface area contributed by atoms with Gasteiger partial charge in [0.05, 0.1) is 5.69 Å². The quantitative estimate of drug-likeness (QED) is 0.510. The molecule has 0 unspecified atom stereocenters. The Balaban J connectivity index is 2.05. The highest BCUT2D eigenvalue weighted by atomic mass is 16.3. The van der Waals surface area contributed by atoms with Gasteiger partial charge in [-0.25, -0.2) is 0 Å². The fourth-order valence-electron chi connectivity index (χ4n) is 2.77. The normalized spacial score (nSPS) is 11.4. The zero-order valence-electron chi connectivity index (χ0n) is 14.6. The maximum Gasteiger partial charge on any atom is 0.161 e. The van der Waals surface area contributed by atoms with E-state index in [9.17, 15) is 15.0 Å². The first-order valence-electron chi connectivity index (χ1n) is 8.24. The standard InChI is InChI=1S/C22H19NO3/c1-14(19-5-3-4-6-22(19)26)23-21-12-9-17(13-20(21)15(2)24)16-7-10-18(25)11-8-16/h3-13,25-26H,1-2H3. The second kappa shape index (κ2) is 7.23. The Morgan fingerprint density at radius 3 is 2.12 bits per heavy atom. The number of phenols is 2. The van der Waals surface area contributed by atoms with Crippen molar-refractivity contribution in [2.45, 2.75) is 13.8 Å². The second-order valence-electron chi connectivity index (χ2n) is 6.05. The molecule has 0 radical (unpaired) electrons. The van der Waals surface area contributed by atoms with Crippen LogP contribution in [-0.4, -0.2) is 21.7 Å². The van der Waals surface area contributed by atoms with Crippen LogP contribution in [0.3, 0.4) is 0 Å². The molecule has 0 spiro atoms. The predicted molar refractivity (Wildman–Crippen MR) is 104 cm³/mol. The zero-order valence-corrected chi connectivity index (χ0v) is 14.6. The topological polar surface area (TPSA) is 69.9 Å². The van der Waals surface area contributed by atoms with Crippen molar-refractivity contribution < 1.29 is 15.0 Å². The summed E-state index contributed by atoms with van der Waals surface area (Å²) >= 11 is 0. The van der Waals surface area contributed by atoms with Crippen LogP contribution in [0.2, 0.25) is 0 Å². The highest BCUT2D eigenvalue weighted by Crippen LogP contribution is 2.29. The third-order valence-electron chi connectivity index (χ3n) is 4.16. The third-order valence-corrected chi connectivity index (χ3v) is 4.16. The Morgan fingerprint density at radius 1 is 0.808 bits per heavy atom. The van der Waals surface area contributed by atoms with Gasteiger partial charge in [-0.3, -0.25) is 9.79 Å². The van der Waals surface area contributed by atoms with Crippen molar-refractivity contribution in [1.29, 1.82) is 0 Å². The number of para-hydroxylation sites is 1. The van der Waals surface area contributed by atoms with E-state index in [0.29, 0.717) is 22.5 Å². The van der Waals surface area contributed by atoms with Crippen LogP contribution in [0.15, 0.2) is 71.7 Å². The lowest BCUT2D eigenvalue weighted by molar-refractivity contribution is 0.101. The molecule has 3 aromatic rings. The summed E-state index contributed by atoms with van der Waals surface area (Å²) in [6.45, 7) is 3.30. The SMILES string of the molecule is CC(=O)c1cc(-c2ccc(O)cc2)ccc1N=C(C)c1ccccc1O. The van der Waals surface area contributed by atoms with Gasteiger partial charge in [0.15, 0.2) is 5.78 Å². The van der Waals surface area contributed by atoms with Crippen LogP contribution in [0.4, 0.5) is 5.69 Å². The maximum absolute atomic E-state index is 12.1. The summed E-state index contributed by atoms with van der Waals surface area (Å²) in [4.78, 5) is 16.7. The van der Waals surface area contributed by atoms with Crippen LogP contribution >= 0.6 is 0 Å². The summed E-state index contributed by atoms with van der Waals surface area (Å²) < 4.78 is 0. The van der Waals surface area contributed by atoms with E-state index in [-0.39, 0.29) is 17.3 Å². The molecule has 4 heteroatoms. The van der Waals surface area contributed by atoms with Gasteiger partial charge in [0.2, 0.25) is 0 Å². The average Bonchev–Trinajstić information content (AvgIpc) is 2.63. The Morgan fingerprint density at radius 2 is 1.46 bits per heavy atom. The minimum atomic E-state index is -0.0885. The van der Waals surface area contributed by atoms with Crippen molar-refractivity contribution in [3.63, 3.8) is 0 Å². The van der Waals surface area contributed by atoms with Crippen LogP contribution < -0.4 is 0 Å². The molecule has 2 N–H and O–H groups in total. The minimum Gasteiger partial charge on any atom is -0.508 e. The predicted octanol–water partition coefficient (Wildman–Crippen LogP) is 5.11. The smallest absolute Gasteiger partial charge is 0.161 e. The molecule has 3 aromatic carbocycles. The van der Waals surface area contributed by atoms with Crippen molar-refractivity contribution in [1.82, 2.24) is 0 Å². The van der Waals surface area contributed by atoms with Crippen molar-refractivity contribution in [2.75, 3.05) is 0 Å². The molecule has 0 aliphatic rings. The molecule has 3 rings (SSSR count). The fraction of sp³-hybridized carbons (Fsp3) is 0.0909. The van der Waals surface area contributed by atoms with E-state index in [4.69, 9.17) is 0 Å². The van der Waals surface area contributed by atoms with Gasteiger partial charge in [0, 0.05) is 16.8 Å². The van der Waals surface area contributed by atoms with Crippen LogP contribution in [0, 0.1) is 0 Å². The number of aromatic hydroxyl groups is 2. The van der Waals surface area contributed by atoms with Crippen molar-refractivity contribution in [3.8, 4) is 22.6 Å². The zero-order chi connectivity index (χ0) is 18.7. The summed E-state index contributed by atoms with van der Waals surface area (Å²) in [5.41, 5.74) is 4.09. The number of nitrogens with zero attached hydrogens (tertiary/aromatic N) is 1. The van der Waals surface area contributed by atoms with Crippen LogP contribution in [0.1, 0.15) is 29.8 Å². The number of ketones is 1. The van der Waals surface area contributed by atoms with Gasteiger partial charge in [-0.15, -0.1) is 0 Å². The van der Waals surface area contributed by atoms with E-state index in [1.54, 1.807) is 61.5 Å². The van der Waals surface area contributed by atoms with E-state index >= 15 is 0 Å². The summed E-state index contributed by atoms with van der Waals surface area (Å²) in [7, 11) is 0. The third kappa shape index (κ3) is 3.64. The Hall–Kier alpha value is -3.40. The lowest BCUT2D eigenvalue weighted by atomic mass is 10.00. The Kier molecular flexibility index (Phi) is 4.85. The molecule has 0 saturated heterocycles. The van der Waals surface area contributed by atoms with E-state index in [1.165, 1.54) is 6.92 Å². The molecule has 0 aliphatic heterocycles. The lowest BCUT2D eigenvalue weighted by Crippen LogP contribution is -1.98. The first-order valence-corrected chi connectivity index (χ1v) is 8.24. The molecule has 0 fully saturated rings. The number of benzene rings is 3. The van der Waals surface area contributed by atoms with Gasteiger partial charge in [0.1, 0.15) is 11.5 Å². The molecule has 0 amide bonds. The van der Waals surface area contributed by atoms with Gasteiger partial charge in [-0.05, 0) is 61.4 Å². The fourth-order valence-corrected chi connectivity index (χ4v) is 2.77. The second-order valence-corrected chi connectivity index (χ2v) is 6.05. The number of rotatable bonds is 4. The van der Waals surface area contributed by atoms with Gasteiger partial charge >= 0.3 is 0 Å². The van der Waals surface area contributed by atoms with Crippen molar-refractivity contribution in [3.05, 3.63) is 77.9 Å². The Bertz CT molecular complexity index is 989. The molecule has 0 heterocycles. The maximum atomic E-state index is 12.1. The molecule has 0 aromatic heterocycles. The van der Waals surface area contributed by atoms with E-state index in [2.05, 4.69) is 4.99 Å². The molecular formula is C22H19NO3. The Labute approximate surface area is 152 Å². The number of carbonyl (C=O) groups is 1.